The number of rotatable bonds is 6. The molecule has 0 aliphatic heterocycles. The quantitative estimate of drug-likeness (QED) is 0.559. The lowest BCUT2D eigenvalue weighted by Crippen LogP contribution is -2.32. The van der Waals surface area contributed by atoms with E-state index in [0.29, 0.717) is 6.54 Å². The Labute approximate surface area is 161 Å². The van der Waals surface area contributed by atoms with E-state index in [1.54, 1.807) is 24.1 Å². The van der Waals surface area contributed by atoms with Crippen molar-refractivity contribution in [1.82, 2.24) is 24.0 Å². The lowest BCUT2D eigenvalue weighted by molar-refractivity contribution is -0.121. The topological polar surface area (TPSA) is 73.8 Å². The van der Waals surface area contributed by atoms with E-state index < -0.39 is 0 Å². The number of hydrogen-bond donors (Lipinski definition) is 1. The minimum absolute atomic E-state index is 0.00109. The molecule has 0 aliphatic carbocycles. The molecule has 142 valence electrons. The molecule has 1 N–H and O–H groups in total. The standard InChI is InChI=1S/C21H21N5O2/c1-24-18-4-2-3-5-19(18)26(21(24)28)14-20(27)23-12-16-6-8-17(9-7-16)13-25-11-10-22-15-25/h2-11,15H,12-14H2,1H3,(H,23,27). The van der Waals surface area contributed by atoms with Crippen LogP contribution in [0.1, 0.15) is 11.1 Å². The van der Waals surface area contributed by atoms with Gasteiger partial charge in [0.2, 0.25) is 5.91 Å². The Morgan fingerprint density at radius 2 is 1.75 bits per heavy atom. The average molecular weight is 375 g/mol. The third-order valence-electron chi connectivity index (χ3n) is 4.79. The predicted octanol–water partition coefficient (Wildman–Crippen LogP) is 1.90. The monoisotopic (exact) mass is 375 g/mol. The first-order valence-corrected chi connectivity index (χ1v) is 9.06. The molecule has 0 atom stereocenters. The Kier molecular flexibility index (Phi) is 4.80. The summed E-state index contributed by atoms with van der Waals surface area (Å²) in [6.07, 6.45) is 5.46. The molecule has 0 aliphatic rings. The fraction of sp³-hybridized carbons (Fsp3) is 0.190. The van der Waals surface area contributed by atoms with Crippen molar-refractivity contribution in [2.24, 2.45) is 7.05 Å². The van der Waals surface area contributed by atoms with Crippen LogP contribution in [0.2, 0.25) is 0 Å². The summed E-state index contributed by atoms with van der Waals surface area (Å²) in [4.78, 5) is 28.8. The molecule has 4 rings (SSSR count). The Morgan fingerprint density at radius 3 is 2.46 bits per heavy atom. The zero-order valence-corrected chi connectivity index (χ0v) is 15.6. The van der Waals surface area contributed by atoms with Gasteiger partial charge in [0.05, 0.1) is 17.4 Å². The first kappa shape index (κ1) is 17.8. The van der Waals surface area contributed by atoms with E-state index in [0.717, 1.165) is 28.7 Å². The molecule has 0 radical (unpaired) electrons. The van der Waals surface area contributed by atoms with Crippen molar-refractivity contribution in [3.8, 4) is 0 Å². The summed E-state index contributed by atoms with van der Waals surface area (Å²) in [5.74, 6) is -0.194. The van der Waals surface area contributed by atoms with Crippen molar-refractivity contribution in [3.63, 3.8) is 0 Å². The number of aromatic nitrogens is 4. The van der Waals surface area contributed by atoms with Crippen LogP contribution in [0, 0.1) is 0 Å². The van der Waals surface area contributed by atoms with Gasteiger partial charge in [-0.25, -0.2) is 9.78 Å². The molecule has 2 aromatic carbocycles. The van der Waals surface area contributed by atoms with Crippen LogP contribution in [0.3, 0.4) is 0 Å². The van der Waals surface area contributed by atoms with Gasteiger partial charge in [-0.3, -0.25) is 13.9 Å². The first-order valence-electron chi connectivity index (χ1n) is 9.06. The van der Waals surface area contributed by atoms with Gasteiger partial charge in [-0.1, -0.05) is 36.4 Å². The third kappa shape index (κ3) is 3.59. The Hall–Kier alpha value is -3.61. The minimum atomic E-state index is -0.194. The van der Waals surface area contributed by atoms with Crippen molar-refractivity contribution < 1.29 is 4.79 Å². The maximum Gasteiger partial charge on any atom is 0.329 e. The zero-order valence-electron chi connectivity index (χ0n) is 15.6. The molecule has 0 saturated heterocycles. The van der Waals surface area contributed by atoms with Gasteiger partial charge in [-0.15, -0.1) is 0 Å². The SMILES string of the molecule is Cn1c(=O)n(CC(=O)NCc2ccc(Cn3ccnc3)cc2)c2ccccc21. The van der Waals surface area contributed by atoms with Gasteiger partial charge in [0.25, 0.3) is 0 Å². The Morgan fingerprint density at radius 1 is 1.04 bits per heavy atom. The largest absolute Gasteiger partial charge is 0.350 e. The number of imidazole rings is 2. The molecular formula is C21H21N5O2. The summed E-state index contributed by atoms with van der Waals surface area (Å²) in [5.41, 5.74) is 3.55. The Balaban J connectivity index is 1.39. The molecule has 0 unspecified atom stereocenters. The van der Waals surface area contributed by atoms with Crippen LogP contribution in [0.15, 0.2) is 72.0 Å². The second kappa shape index (κ2) is 7.56. The second-order valence-electron chi connectivity index (χ2n) is 6.74. The molecule has 2 heterocycles. The van der Waals surface area contributed by atoms with E-state index in [-0.39, 0.29) is 18.1 Å². The maximum atomic E-state index is 12.4. The van der Waals surface area contributed by atoms with Gasteiger partial charge in [0, 0.05) is 32.5 Å². The highest BCUT2D eigenvalue weighted by Crippen LogP contribution is 2.11. The predicted molar refractivity (Wildman–Crippen MR) is 107 cm³/mol. The average Bonchev–Trinajstić information content (AvgIpc) is 3.31. The smallest absolute Gasteiger partial charge is 0.329 e. The summed E-state index contributed by atoms with van der Waals surface area (Å²) < 4.78 is 5.05. The van der Waals surface area contributed by atoms with Crippen LogP contribution in [0.4, 0.5) is 0 Å². The van der Waals surface area contributed by atoms with E-state index in [4.69, 9.17) is 0 Å². The molecular weight excluding hydrogens is 354 g/mol. The molecule has 0 saturated carbocycles. The van der Waals surface area contributed by atoms with Gasteiger partial charge in [-0.2, -0.15) is 0 Å². The van der Waals surface area contributed by atoms with E-state index in [2.05, 4.69) is 10.3 Å². The van der Waals surface area contributed by atoms with E-state index in [1.807, 2.05) is 59.3 Å². The summed E-state index contributed by atoms with van der Waals surface area (Å²) >= 11 is 0. The molecule has 4 aromatic rings. The fourth-order valence-electron chi connectivity index (χ4n) is 3.27. The van der Waals surface area contributed by atoms with E-state index in [1.165, 1.54) is 4.57 Å². The van der Waals surface area contributed by atoms with Crippen LogP contribution in [-0.4, -0.2) is 24.6 Å². The van der Waals surface area contributed by atoms with Crippen LogP contribution < -0.4 is 11.0 Å². The highest BCUT2D eigenvalue weighted by molar-refractivity contribution is 5.80. The summed E-state index contributed by atoms with van der Waals surface area (Å²) in [7, 11) is 1.71. The van der Waals surface area contributed by atoms with Crippen LogP contribution in [0.25, 0.3) is 11.0 Å². The number of carbonyl (C=O) groups excluding carboxylic acids is 1. The van der Waals surface area contributed by atoms with Gasteiger partial charge in [0.1, 0.15) is 6.54 Å². The summed E-state index contributed by atoms with van der Waals surface area (Å²) in [5, 5.41) is 2.89. The first-order chi connectivity index (χ1) is 13.6. The third-order valence-corrected chi connectivity index (χ3v) is 4.79. The van der Waals surface area contributed by atoms with Crippen molar-refractivity contribution in [1.29, 1.82) is 0 Å². The number of aryl methyl sites for hydroxylation is 1. The van der Waals surface area contributed by atoms with Gasteiger partial charge < -0.3 is 9.88 Å². The normalized spacial score (nSPS) is 11.0. The highest BCUT2D eigenvalue weighted by atomic mass is 16.2. The van der Waals surface area contributed by atoms with Gasteiger partial charge >= 0.3 is 5.69 Å². The number of carbonyl (C=O) groups is 1. The minimum Gasteiger partial charge on any atom is -0.350 e. The zero-order chi connectivity index (χ0) is 19.5. The number of nitrogens with zero attached hydrogens (tertiary/aromatic N) is 4. The van der Waals surface area contributed by atoms with Crippen LogP contribution >= 0.6 is 0 Å². The molecule has 0 bridgehead atoms. The molecule has 0 spiro atoms. The van der Waals surface area contributed by atoms with Crippen molar-refractivity contribution in [2.45, 2.75) is 19.6 Å². The molecule has 7 heteroatoms. The highest BCUT2D eigenvalue weighted by Gasteiger charge is 2.12. The molecule has 1 amide bonds. The molecule has 7 nitrogen and oxygen atoms in total. The van der Waals surface area contributed by atoms with Crippen molar-refractivity contribution >= 4 is 16.9 Å². The molecule has 28 heavy (non-hydrogen) atoms. The van der Waals surface area contributed by atoms with Gasteiger partial charge in [0.15, 0.2) is 0 Å². The maximum absolute atomic E-state index is 12.4. The number of hydrogen-bond acceptors (Lipinski definition) is 3. The molecule has 0 fully saturated rings. The lowest BCUT2D eigenvalue weighted by Gasteiger charge is -2.08. The number of nitrogens with one attached hydrogen (secondary N) is 1. The second-order valence-corrected chi connectivity index (χ2v) is 6.74. The van der Waals surface area contributed by atoms with E-state index >= 15 is 0 Å². The Bertz CT molecular complexity index is 1150. The number of para-hydroxylation sites is 2. The number of benzene rings is 2. The summed E-state index contributed by atoms with van der Waals surface area (Å²) in [6, 6.07) is 15.5. The van der Waals surface area contributed by atoms with Crippen LogP contribution in [-0.2, 0) is 31.5 Å². The van der Waals surface area contributed by atoms with Crippen LogP contribution in [0.5, 0.6) is 0 Å². The van der Waals surface area contributed by atoms with E-state index in [9.17, 15) is 9.59 Å². The lowest BCUT2D eigenvalue weighted by atomic mass is 10.1. The van der Waals surface area contributed by atoms with Gasteiger partial charge in [-0.05, 0) is 23.3 Å². The van der Waals surface area contributed by atoms with Crippen molar-refractivity contribution in [3.05, 3.63) is 88.9 Å². The van der Waals surface area contributed by atoms with Crippen molar-refractivity contribution in [2.75, 3.05) is 0 Å². The summed E-state index contributed by atoms with van der Waals surface area (Å²) in [6.45, 7) is 1.18. The molecule has 2 aromatic heterocycles. The number of amides is 1. The fourth-order valence-corrected chi connectivity index (χ4v) is 3.27. The number of fused-ring (bicyclic) bond motifs is 1.